The number of oxime groups is 1. The molecule has 0 aromatic heterocycles. The van der Waals surface area contributed by atoms with E-state index in [1.807, 2.05) is 12.1 Å². The van der Waals surface area contributed by atoms with Crippen LogP contribution in [0.3, 0.4) is 0 Å². The summed E-state index contributed by atoms with van der Waals surface area (Å²) in [7, 11) is 0. The monoisotopic (exact) mass is 432 g/mol. The highest BCUT2D eigenvalue weighted by Crippen LogP contribution is 2.54. The Morgan fingerprint density at radius 1 is 1.03 bits per heavy atom. The summed E-state index contributed by atoms with van der Waals surface area (Å²) in [5.74, 6) is -0.217. The third-order valence-electron chi connectivity index (χ3n) is 6.73. The number of benzene rings is 2. The molecule has 2 aromatic carbocycles. The van der Waals surface area contributed by atoms with Crippen LogP contribution in [-0.2, 0) is 15.0 Å². The number of anilines is 1. The van der Waals surface area contributed by atoms with Crippen molar-refractivity contribution in [1.29, 1.82) is 0 Å². The number of hydrogen-bond donors (Lipinski definition) is 1. The first-order chi connectivity index (χ1) is 15.4. The van der Waals surface area contributed by atoms with Crippen molar-refractivity contribution in [3.8, 4) is 11.1 Å². The van der Waals surface area contributed by atoms with Crippen LogP contribution >= 0.6 is 0 Å². The minimum absolute atomic E-state index is 0.149. The van der Waals surface area contributed by atoms with Gasteiger partial charge in [-0.3, -0.25) is 4.79 Å². The van der Waals surface area contributed by atoms with Crippen molar-refractivity contribution < 1.29 is 14.4 Å². The largest absolute Gasteiger partial charge is 0.399 e. The van der Waals surface area contributed by atoms with E-state index in [9.17, 15) is 9.59 Å². The predicted molar refractivity (Wildman–Crippen MR) is 128 cm³/mol. The fourth-order valence-electron chi connectivity index (χ4n) is 5.22. The molecule has 2 aliphatic rings. The lowest BCUT2D eigenvalue weighted by Crippen LogP contribution is -2.26. The van der Waals surface area contributed by atoms with E-state index in [1.54, 1.807) is 0 Å². The highest BCUT2D eigenvalue weighted by atomic mass is 16.7. The first kappa shape index (κ1) is 22.3. The SMILES string of the molecule is CCCC1(CCC)c2cc(N)ccc2-c2ccc(C(=O)/C(CC3CC3)=N/OC(C)=O)cc21. The molecule has 0 saturated heterocycles. The maximum Gasteiger partial charge on any atom is 0.331 e. The van der Waals surface area contributed by atoms with E-state index >= 15 is 0 Å². The van der Waals surface area contributed by atoms with Crippen molar-refractivity contribution in [1.82, 2.24) is 0 Å². The van der Waals surface area contributed by atoms with E-state index in [0.717, 1.165) is 44.2 Å². The molecule has 2 N–H and O–H groups in total. The number of fused-ring (bicyclic) bond motifs is 3. The molecule has 0 heterocycles. The van der Waals surface area contributed by atoms with Gasteiger partial charge in [0.05, 0.1) is 0 Å². The minimum Gasteiger partial charge on any atom is -0.399 e. The number of carbonyl (C=O) groups is 2. The van der Waals surface area contributed by atoms with Crippen LogP contribution in [0.1, 0.15) is 87.2 Å². The maximum absolute atomic E-state index is 13.4. The van der Waals surface area contributed by atoms with Crippen LogP contribution in [0.5, 0.6) is 0 Å². The predicted octanol–water partition coefficient (Wildman–Crippen LogP) is 6.04. The average molecular weight is 433 g/mol. The lowest BCUT2D eigenvalue weighted by Gasteiger charge is -2.32. The van der Waals surface area contributed by atoms with Crippen molar-refractivity contribution >= 4 is 23.2 Å². The normalized spacial score (nSPS) is 16.4. The van der Waals surface area contributed by atoms with Crippen LogP contribution in [0.25, 0.3) is 11.1 Å². The van der Waals surface area contributed by atoms with Gasteiger partial charge in [0.2, 0.25) is 5.78 Å². The lowest BCUT2D eigenvalue weighted by molar-refractivity contribution is -0.140. The Labute approximate surface area is 190 Å². The summed E-state index contributed by atoms with van der Waals surface area (Å²) in [5.41, 5.74) is 12.6. The molecule has 5 heteroatoms. The van der Waals surface area contributed by atoms with Gasteiger partial charge in [0.1, 0.15) is 5.71 Å². The summed E-state index contributed by atoms with van der Waals surface area (Å²) >= 11 is 0. The molecule has 0 amide bonds. The van der Waals surface area contributed by atoms with Gasteiger partial charge in [-0.1, -0.05) is 50.0 Å². The first-order valence-corrected chi connectivity index (χ1v) is 11.7. The topological polar surface area (TPSA) is 81.8 Å². The Morgan fingerprint density at radius 3 is 2.25 bits per heavy atom. The van der Waals surface area contributed by atoms with Gasteiger partial charge in [0, 0.05) is 23.6 Å². The zero-order valence-corrected chi connectivity index (χ0v) is 19.2. The second-order valence-corrected chi connectivity index (χ2v) is 9.24. The number of nitrogens with two attached hydrogens (primary N) is 1. The van der Waals surface area contributed by atoms with Gasteiger partial charge in [-0.05, 0) is 78.5 Å². The van der Waals surface area contributed by atoms with E-state index < -0.39 is 5.97 Å². The summed E-state index contributed by atoms with van der Waals surface area (Å²) in [6.07, 6.45) is 6.79. The van der Waals surface area contributed by atoms with E-state index in [0.29, 0.717) is 23.6 Å². The summed E-state index contributed by atoms with van der Waals surface area (Å²) < 4.78 is 0. The Morgan fingerprint density at radius 2 is 1.66 bits per heavy atom. The third-order valence-corrected chi connectivity index (χ3v) is 6.73. The number of Topliss-reactive ketones (excluding diaryl/α,β-unsaturated/α-hetero) is 1. The number of hydrogen-bond acceptors (Lipinski definition) is 5. The molecule has 0 aliphatic heterocycles. The average Bonchev–Trinajstić information content (AvgIpc) is 3.55. The second kappa shape index (κ2) is 8.89. The standard InChI is InChI=1S/C27H32N2O3/c1-4-12-27(13-5-2)23-15-19(8-10-21(23)22-11-9-20(28)16-24(22)27)26(31)25(14-18-6-7-18)29-32-17(3)30/h8-11,15-16,18H,4-7,12-14,28H2,1-3H3/b29-25+. The summed E-state index contributed by atoms with van der Waals surface area (Å²) in [5, 5.41) is 3.93. The van der Waals surface area contributed by atoms with Crippen molar-refractivity contribution in [2.45, 2.75) is 71.1 Å². The van der Waals surface area contributed by atoms with Crippen molar-refractivity contribution in [2.24, 2.45) is 11.1 Å². The summed E-state index contributed by atoms with van der Waals surface area (Å²) in [4.78, 5) is 29.6. The zero-order valence-electron chi connectivity index (χ0n) is 19.2. The summed E-state index contributed by atoms with van der Waals surface area (Å²) in [6, 6.07) is 12.2. The molecular formula is C27H32N2O3. The molecule has 2 aromatic rings. The van der Waals surface area contributed by atoms with E-state index in [4.69, 9.17) is 10.6 Å². The van der Waals surface area contributed by atoms with Gasteiger partial charge in [-0.15, -0.1) is 0 Å². The van der Waals surface area contributed by atoms with Crippen LogP contribution in [0, 0.1) is 5.92 Å². The van der Waals surface area contributed by atoms with Crippen LogP contribution < -0.4 is 5.73 Å². The lowest BCUT2D eigenvalue weighted by atomic mass is 9.71. The molecule has 0 spiro atoms. The summed E-state index contributed by atoms with van der Waals surface area (Å²) in [6.45, 7) is 5.71. The van der Waals surface area contributed by atoms with Crippen LogP contribution in [-0.4, -0.2) is 17.5 Å². The number of nitrogen functional groups attached to an aromatic ring is 1. The Balaban J connectivity index is 1.80. The maximum atomic E-state index is 13.4. The number of carbonyl (C=O) groups excluding carboxylic acids is 2. The molecule has 0 bridgehead atoms. The Bertz CT molecular complexity index is 1080. The molecule has 32 heavy (non-hydrogen) atoms. The van der Waals surface area contributed by atoms with Crippen molar-refractivity contribution in [3.05, 3.63) is 53.1 Å². The van der Waals surface area contributed by atoms with Gasteiger partial charge < -0.3 is 10.6 Å². The number of nitrogens with zero attached hydrogens (tertiary/aromatic N) is 1. The molecule has 1 saturated carbocycles. The van der Waals surface area contributed by atoms with Gasteiger partial charge >= 0.3 is 5.97 Å². The number of rotatable bonds is 9. The van der Waals surface area contributed by atoms with Crippen molar-refractivity contribution in [3.63, 3.8) is 0 Å². The number of ketones is 1. The van der Waals surface area contributed by atoms with Gasteiger partial charge in [-0.2, -0.15) is 0 Å². The van der Waals surface area contributed by atoms with Crippen LogP contribution in [0.2, 0.25) is 0 Å². The minimum atomic E-state index is -0.516. The molecule has 168 valence electrons. The Hall–Kier alpha value is -2.95. The van der Waals surface area contributed by atoms with Gasteiger partial charge in [0.25, 0.3) is 0 Å². The molecule has 1 fully saturated rings. The van der Waals surface area contributed by atoms with E-state index in [-0.39, 0.29) is 11.2 Å². The molecule has 0 radical (unpaired) electrons. The smallest absolute Gasteiger partial charge is 0.331 e. The van der Waals surface area contributed by atoms with E-state index in [1.165, 1.54) is 29.2 Å². The second-order valence-electron chi connectivity index (χ2n) is 9.24. The van der Waals surface area contributed by atoms with Gasteiger partial charge in [-0.25, -0.2) is 4.79 Å². The quantitative estimate of drug-likeness (QED) is 0.172. The molecule has 4 rings (SSSR count). The fourth-order valence-corrected chi connectivity index (χ4v) is 5.22. The van der Waals surface area contributed by atoms with Crippen molar-refractivity contribution in [2.75, 3.05) is 5.73 Å². The highest BCUT2D eigenvalue weighted by molar-refractivity contribution is 6.46. The molecule has 0 atom stereocenters. The molecular weight excluding hydrogens is 400 g/mol. The van der Waals surface area contributed by atoms with Crippen LogP contribution in [0.4, 0.5) is 5.69 Å². The molecule has 5 nitrogen and oxygen atoms in total. The molecule has 0 unspecified atom stereocenters. The fraction of sp³-hybridized carbons (Fsp3) is 0.444. The van der Waals surface area contributed by atoms with Crippen LogP contribution in [0.15, 0.2) is 41.6 Å². The molecule has 2 aliphatic carbocycles. The third kappa shape index (κ3) is 4.08. The van der Waals surface area contributed by atoms with Gasteiger partial charge in [0.15, 0.2) is 0 Å². The van der Waals surface area contributed by atoms with E-state index in [2.05, 4.69) is 43.3 Å². The Kier molecular flexibility index (Phi) is 6.18. The zero-order chi connectivity index (χ0) is 22.9. The first-order valence-electron chi connectivity index (χ1n) is 11.7. The highest BCUT2D eigenvalue weighted by Gasteiger charge is 2.42.